The van der Waals surface area contributed by atoms with Gasteiger partial charge in [-0.3, -0.25) is 4.79 Å². The van der Waals surface area contributed by atoms with Crippen LogP contribution in [0, 0.1) is 5.41 Å². The van der Waals surface area contributed by atoms with Crippen molar-refractivity contribution in [3.8, 4) is 0 Å². The van der Waals surface area contributed by atoms with Gasteiger partial charge < -0.3 is 10.5 Å². The first-order valence-electron chi connectivity index (χ1n) is 5.55. The van der Waals surface area contributed by atoms with Crippen LogP contribution < -0.4 is 5.73 Å². The van der Waals surface area contributed by atoms with E-state index in [9.17, 15) is 4.79 Å². The smallest absolute Gasteiger partial charge is 0.306 e. The summed E-state index contributed by atoms with van der Waals surface area (Å²) in [7, 11) is 1.44. The Hall–Kier alpha value is -1.23. The molecule has 1 aromatic heterocycles. The van der Waals surface area contributed by atoms with E-state index < -0.39 is 0 Å². The van der Waals surface area contributed by atoms with Crippen LogP contribution in [0.25, 0.3) is 0 Å². The number of carbonyl (C=O) groups is 1. The largest absolute Gasteiger partial charge is 0.469 e. The van der Waals surface area contributed by atoms with Crippen molar-refractivity contribution in [3.05, 3.63) is 18.3 Å². The molecule has 1 aromatic rings. The fourth-order valence-corrected chi connectivity index (χ4v) is 2.77. The average Bonchev–Trinajstić information content (AvgIpc) is 3.09. The zero-order valence-electron chi connectivity index (χ0n) is 9.81. The van der Waals surface area contributed by atoms with Gasteiger partial charge in [0.05, 0.1) is 30.4 Å². The van der Waals surface area contributed by atoms with Gasteiger partial charge in [-0.05, 0) is 30.4 Å². The number of hydrogen-bond donors (Lipinski definition) is 1. The molecule has 1 aliphatic carbocycles. The van der Waals surface area contributed by atoms with Crippen molar-refractivity contribution in [2.45, 2.75) is 24.3 Å². The van der Waals surface area contributed by atoms with E-state index in [0.717, 1.165) is 23.6 Å². The second-order valence-corrected chi connectivity index (χ2v) is 5.47. The summed E-state index contributed by atoms with van der Waals surface area (Å²) >= 11 is 1.68. The van der Waals surface area contributed by atoms with E-state index >= 15 is 0 Å². The van der Waals surface area contributed by atoms with Crippen LogP contribution in [-0.2, 0) is 9.53 Å². The average molecular weight is 252 g/mol. The number of methoxy groups -OCH3 is 1. The van der Waals surface area contributed by atoms with Gasteiger partial charge in [0, 0.05) is 5.75 Å². The summed E-state index contributed by atoms with van der Waals surface area (Å²) in [6, 6.07) is 3.75. The molecular weight excluding hydrogens is 236 g/mol. The van der Waals surface area contributed by atoms with Crippen molar-refractivity contribution < 1.29 is 9.53 Å². The van der Waals surface area contributed by atoms with Gasteiger partial charge in [0.1, 0.15) is 0 Å². The number of anilines is 1. The molecule has 0 saturated heterocycles. The summed E-state index contributed by atoms with van der Waals surface area (Å²) in [5.74, 6) is 0.798. The van der Waals surface area contributed by atoms with Crippen LogP contribution in [0.4, 0.5) is 5.69 Å². The van der Waals surface area contributed by atoms with Gasteiger partial charge in [-0.15, -0.1) is 11.8 Å². The van der Waals surface area contributed by atoms with Crippen LogP contribution in [0.1, 0.15) is 19.3 Å². The lowest BCUT2D eigenvalue weighted by Gasteiger charge is -2.12. The topological polar surface area (TPSA) is 65.2 Å². The van der Waals surface area contributed by atoms with Gasteiger partial charge in [-0.25, -0.2) is 4.98 Å². The van der Waals surface area contributed by atoms with Crippen LogP contribution in [0.3, 0.4) is 0 Å². The van der Waals surface area contributed by atoms with E-state index in [4.69, 9.17) is 10.5 Å². The number of thioether (sulfide) groups is 1. The molecule has 5 heteroatoms. The summed E-state index contributed by atoms with van der Waals surface area (Å²) in [5, 5.41) is 0.954. The number of hydrogen-bond acceptors (Lipinski definition) is 5. The van der Waals surface area contributed by atoms with Crippen molar-refractivity contribution in [2.75, 3.05) is 18.6 Å². The highest BCUT2D eigenvalue weighted by atomic mass is 32.2. The number of carbonyl (C=O) groups excluding carboxylic acids is 1. The molecule has 0 amide bonds. The second-order valence-electron chi connectivity index (χ2n) is 4.47. The quantitative estimate of drug-likeness (QED) is 0.642. The van der Waals surface area contributed by atoms with Gasteiger partial charge in [0.2, 0.25) is 0 Å². The van der Waals surface area contributed by atoms with E-state index in [0.29, 0.717) is 12.1 Å². The molecule has 1 saturated carbocycles. The van der Waals surface area contributed by atoms with Gasteiger partial charge in [-0.1, -0.05) is 0 Å². The van der Waals surface area contributed by atoms with E-state index in [1.807, 2.05) is 12.1 Å². The standard InChI is InChI=1S/C12H16N2O2S/c1-16-11(15)6-12(4-5-12)8-17-10-3-2-9(13)7-14-10/h2-3,7H,4-6,8,13H2,1H3. The highest BCUT2D eigenvalue weighted by Crippen LogP contribution is 2.51. The zero-order chi connectivity index (χ0) is 12.3. The van der Waals surface area contributed by atoms with Crippen molar-refractivity contribution in [1.82, 2.24) is 4.98 Å². The third kappa shape index (κ3) is 3.36. The van der Waals surface area contributed by atoms with E-state index in [1.165, 1.54) is 7.11 Å². The molecule has 2 rings (SSSR count). The highest BCUT2D eigenvalue weighted by molar-refractivity contribution is 7.99. The lowest BCUT2D eigenvalue weighted by molar-refractivity contribution is -0.141. The van der Waals surface area contributed by atoms with Crippen molar-refractivity contribution in [2.24, 2.45) is 5.41 Å². The molecule has 4 nitrogen and oxygen atoms in total. The zero-order valence-corrected chi connectivity index (χ0v) is 10.6. The van der Waals surface area contributed by atoms with Crippen LogP contribution in [0.15, 0.2) is 23.4 Å². The summed E-state index contributed by atoms with van der Waals surface area (Å²) in [6.45, 7) is 0. The van der Waals surface area contributed by atoms with Gasteiger partial charge in [-0.2, -0.15) is 0 Å². The van der Waals surface area contributed by atoms with Gasteiger partial charge >= 0.3 is 5.97 Å². The van der Waals surface area contributed by atoms with Crippen LogP contribution >= 0.6 is 11.8 Å². The predicted molar refractivity (Wildman–Crippen MR) is 67.7 cm³/mol. The molecular formula is C12H16N2O2S. The Kier molecular flexibility index (Phi) is 3.57. The minimum atomic E-state index is -0.117. The first-order chi connectivity index (χ1) is 8.13. The monoisotopic (exact) mass is 252 g/mol. The normalized spacial score (nSPS) is 16.5. The number of esters is 1. The van der Waals surface area contributed by atoms with E-state index in [1.54, 1.807) is 18.0 Å². The van der Waals surface area contributed by atoms with E-state index in [-0.39, 0.29) is 11.4 Å². The number of pyridine rings is 1. The molecule has 0 atom stereocenters. The highest BCUT2D eigenvalue weighted by Gasteiger charge is 2.44. The Bertz CT molecular complexity index is 401. The lowest BCUT2D eigenvalue weighted by atomic mass is 10.1. The molecule has 0 bridgehead atoms. The summed E-state index contributed by atoms with van der Waals surface area (Å²) in [4.78, 5) is 15.5. The summed E-state index contributed by atoms with van der Waals surface area (Å²) in [5.41, 5.74) is 6.38. The third-order valence-electron chi connectivity index (χ3n) is 2.99. The van der Waals surface area contributed by atoms with Crippen molar-refractivity contribution in [3.63, 3.8) is 0 Å². The Morgan fingerprint density at radius 2 is 2.35 bits per heavy atom. The molecule has 0 aliphatic heterocycles. The maximum absolute atomic E-state index is 11.3. The van der Waals surface area contributed by atoms with E-state index in [2.05, 4.69) is 4.98 Å². The van der Waals surface area contributed by atoms with Crippen molar-refractivity contribution >= 4 is 23.4 Å². The first-order valence-corrected chi connectivity index (χ1v) is 6.53. The lowest BCUT2D eigenvalue weighted by Crippen LogP contribution is -2.13. The molecule has 92 valence electrons. The van der Waals surface area contributed by atoms with Crippen LogP contribution in [-0.4, -0.2) is 23.8 Å². The Morgan fingerprint density at radius 3 is 2.88 bits per heavy atom. The summed E-state index contributed by atoms with van der Waals surface area (Å²) < 4.78 is 4.71. The summed E-state index contributed by atoms with van der Waals surface area (Å²) in [6.07, 6.45) is 4.38. The Morgan fingerprint density at radius 1 is 1.59 bits per heavy atom. The van der Waals surface area contributed by atoms with Crippen LogP contribution in [0.2, 0.25) is 0 Å². The van der Waals surface area contributed by atoms with Crippen LogP contribution in [0.5, 0.6) is 0 Å². The third-order valence-corrected chi connectivity index (χ3v) is 4.28. The van der Waals surface area contributed by atoms with Crippen molar-refractivity contribution in [1.29, 1.82) is 0 Å². The molecule has 0 aromatic carbocycles. The minimum Gasteiger partial charge on any atom is -0.469 e. The molecule has 1 aliphatic rings. The number of rotatable bonds is 5. The Balaban J connectivity index is 1.85. The SMILES string of the molecule is COC(=O)CC1(CSc2ccc(N)cn2)CC1. The molecule has 2 N–H and O–H groups in total. The maximum atomic E-state index is 11.3. The fraction of sp³-hybridized carbons (Fsp3) is 0.500. The number of nitrogen functional groups attached to an aromatic ring is 1. The first kappa shape index (κ1) is 12.2. The van der Waals surface area contributed by atoms with Gasteiger partial charge in [0.15, 0.2) is 0 Å². The minimum absolute atomic E-state index is 0.117. The number of nitrogens with zero attached hydrogens (tertiary/aromatic N) is 1. The molecule has 0 unspecified atom stereocenters. The Labute approximate surface area is 105 Å². The molecule has 1 fully saturated rings. The maximum Gasteiger partial charge on any atom is 0.306 e. The molecule has 0 radical (unpaired) electrons. The molecule has 1 heterocycles. The molecule has 17 heavy (non-hydrogen) atoms. The second kappa shape index (κ2) is 4.96. The van der Waals surface area contributed by atoms with Gasteiger partial charge in [0.25, 0.3) is 0 Å². The predicted octanol–water partition coefficient (Wildman–Crippen LogP) is 2.10. The number of aromatic nitrogens is 1. The number of nitrogens with two attached hydrogens (primary N) is 1. The fourth-order valence-electron chi connectivity index (χ4n) is 1.63. The number of ether oxygens (including phenoxy) is 1. The molecule has 0 spiro atoms.